The van der Waals surface area contributed by atoms with Crippen LogP contribution in [0.25, 0.3) is 5.57 Å². The second-order valence-corrected chi connectivity index (χ2v) is 21.1. The molecule has 2 aliphatic heterocycles. The van der Waals surface area contributed by atoms with Crippen molar-refractivity contribution in [3.8, 4) is 17.6 Å². The molecule has 0 saturated carbocycles. The fraction of sp³-hybridized carbons (Fsp3) is 0.289. The summed E-state index contributed by atoms with van der Waals surface area (Å²) in [5.41, 5.74) is 2.42. The van der Waals surface area contributed by atoms with Crippen molar-refractivity contribution in [3.63, 3.8) is 0 Å². The zero-order valence-electron chi connectivity index (χ0n) is 38.7. The summed E-state index contributed by atoms with van der Waals surface area (Å²) in [7, 11) is -11.3. The number of phosphoric acid groups is 3. The molecule has 0 spiro atoms. The second kappa shape index (κ2) is 22.4. The molecule has 1 aliphatic carbocycles. The van der Waals surface area contributed by atoms with Gasteiger partial charge in [-0.05, 0) is 68.7 Å². The number of nitro groups is 1. The number of fused-ring (bicyclic) bond motifs is 2. The molecule has 3 heterocycles. The minimum atomic E-state index is -5.79. The predicted molar refractivity (Wildman–Crippen MR) is 255 cm³/mol. The normalized spacial score (nSPS) is 19.9. The Morgan fingerprint density at radius 2 is 1.77 bits per heavy atom. The fourth-order valence-electron chi connectivity index (χ4n) is 7.89. The molecular formula is C45H46N6O19P3-. The summed E-state index contributed by atoms with van der Waals surface area (Å²) in [4.78, 5) is 93.0. The largest absolute Gasteiger partial charge is 0.545 e. The van der Waals surface area contributed by atoms with Gasteiger partial charge >= 0.3 is 29.2 Å². The summed E-state index contributed by atoms with van der Waals surface area (Å²) in [6, 6.07) is 15.4. The molecule has 1 aromatic heterocycles. The number of ketones is 1. The van der Waals surface area contributed by atoms with Crippen LogP contribution in [0.1, 0.15) is 74.0 Å². The highest BCUT2D eigenvalue weighted by Gasteiger charge is 2.43. The van der Waals surface area contributed by atoms with Crippen LogP contribution in [-0.4, -0.2) is 102 Å². The first-order valence-corrected chi connectivity index (χ1v) is 26.3. The van der Waals surface area contributed by atoms with Gasteiger partial charge in [-0.3, -0.25) is 28.9 Å². The highest BCUT2D eigenvalue weighted by Crippen LogP contribution is 2.66. The SMILES string of the molecule is CNCc1ccc2c(c1)OC1=CC(N(C)C)C=CC1=C2c1cc(C(=O)CCC#Cc2ccc(CNc3ccn([C@H]4CC(O)[C@@H](COP(=O)(O)OP(=O)(O)OP(=O)(O)O)O4)c(=O)n3)c([N+](=O)[O-])c2)ccc1C(=O)[O-]. The first kappa shape index (κ1) is 54.5. The summed E-state index contributed by atoms with van der Waals surface area (Å²) < 4.78 is 59.2. The molecule has 1 fully saturated rings. The number of nitrogens with zero attached hydrogens (tertiary/aromatic N) is 4. The number of carboxylic acid groups (broad SMARTS) is 1. The average molecular weight is 1070 g/mol. The lowest BCUT2D eigenvalue weighted by atomic mass is 9.83. The van der Waals surface area contributed by atoms with E-state index in [0.717, 1.165) is 10.1 Å². The molecule has 3 aromatic carbocycles. The van der Waals surface area contributed by atoms with Crippen molar-refractivity contribution in [2.24, 2.45) is 0 Å². The second-order valence-electron chi connectivity index (χ2n) is 16.6. The Labute approximate surface area is 415 Å². The number of hydrogen-bond acceptors (Lipinski definition) is 19. The van der Waals surface area contributed by atoms with Crippen molar-refractivity contribution in [3.05, 3.63) is 156 Å². The van der Waals surface area contributed by atoms with E-state index in [0.29, 0.717) is 34.8 Å². The van der Waals surface area contributed by atoms with Crippen LogP contribution in [0.5, 0.6) is 5.75 Å². The van der Waals surface area contributed by atoms with Gasteiger partial charge in [0.1, 0.15) is 29.7 Å². The van der Waals surface area contributed by atoms with Gasteiger partial charge in [-0.15, -0.1) is 0 Å². The van der Waals surface area contributed by atoms with Crippen molar-refractivity contribution in [2.75, 3.05) is 33.1 Å². The van der Waals surface area contributed by atoms with Crippen LogP contribution in [0.4, 0.5) is 11.5 Å². The monoisotopic (exact) mass is 1070 g/mol. The van der Waals surface area contributed by atoms with Gasteiger partial charge < -0.3 is 54.7 Å². The smallest absolute Gasteiger partial charge is 0.490 e. The summed E-state index contributed by atoms with van der Waals surface area (Å²) in [5.74, 6) is 5.02. The van der Waals surface area contributed by atoms with Gasteiger partial charge in [0.25, 0.3) is 5.69 Å². The van der Waals surface area contributed by atoms with Gasteiger partial charge in [-0.1, -0.05) is 48.3 Å². The first-order valence-electron chi connectivity index (χ1n) is 21.8. The van der Waals surface area contributed by atoms with E-state index < -0.39 is 65.1 Å². The summed E-state index contributed by atoms with van der Waals surface area (Å²) in [5, 5.41) is 41.1. The number of aromatic nitrogens is 2. The standard InChI is InChI=1S/C45H47N6O19P3/c1-46-23-27-9-13-32-38(19-27)67-39-21-30(49(2)3)12-15-33(39)43(32)34-20-28(11-14-31(34)44(54)55)36(52)7-5-4-6-26-8-10-29(35(18-26)51(57)58)24-47-41-16-17-50(45(56)48-41)42-22-37(53)40(68-42)25-66-72(62,63)70-73(64,65)69-71(59,60)61/h8-21,30,37,40,42,46,53H,5,7,22-25H2,1-3H3,(H,54,55)(H,62,63)(H,64,65)(H,47,48,56)(H2,59,60,61)/p-1/t30?,37?,40-,42-/m1/s1. The Hall–Kier alpha value is -6.29. The van der Waals surface area contributed by atoms with E-state index >= 15 is 0 Å². The number of rotatable bonds is 20. The van der Waals surface area contributed by atoms with Crippen LogP contribution < -0.4 is 26.2 Å². The Morgan fingerprint density at radius 1 is 1.00 bits per heavy atom. The molecule has 386 valence electrons. The molecule has 0 radical (unpaired) electrons. The third kappa shape index (κ3) is 13.7. The average Bonchev–Trinajstić information content (AvgIpc) is 3.68. The number of hydrogen-bond donors (Lipinski definition) is 7. The third-order valence-corrected chi connectivity index (χ3v) is 15.1. The number of likely N-dealkylation sites (N-methyl/N-ethyl adjacent to an activating group) is 1. The number of aliphatic hydroxyl groups excluding tert-OH is 1. The predicted octanol–water partition coefficient (Wildman–Crippen LogP) is 3.43. The number of allylic oxidation sites excluding steroid dienone is 1. The van der Waals surface area contributed by atoms with E-state index in [2.05, 4.69) is 40.6 Å². The molecule has 73 heavy (non-hydrogen) atoms. The van der Waals surface area contributed by atoms with Crippen LogP contribution in [0, 0.1) is 22.0 Å². The van der Waals surface area contributed by atoms with Crippen LogP contribution in [0.15, 0.2) is 101 Å². The number of nitro benzene ring substituents is 1. The fourth-order valence-corrected chi connectivity index (χ4v) is 10.9. The molecule has 4 aromatic rings. The maximum absolute atomic E-state index is 13.7. The van der Waals surface area contributed by atoms with Gasteiger partial charge in [0, 0.05) is 89.6 Å². The van der Waals surface area contributed by atoms with Gasteiger partial charge in [0.15, 0.2) is 5.78 Å². The Balaban J connectivity index is 0.990. The van der Waals surface area contributed by atoms with Gasteiger partial charge in [0.05, 0.1) is 23.6 Å². The van der Waals surface area contributed by atoms with Crippen LogP contribution in [0.3, 0.4) is 0 Å². The topological polar surface area (TPSA) is 361 Å². The minimum Gasteiger partial charge on any atom is -0.545 e. The van der Waals surface area contributed by atoms with E-state index in [-0.39, 0.29) is 77.0 Å². The Kier molecular flexibility index (Phi) is 16.8. The summed E-state index contributed by atoms with van der Waals surface area (Å²) in [6.07, 6.45) is 2.69. The lowest BCUT2D eigenvalue weighted by Gasteiger charge is -2.31. The maximum atomic E-state index is 13.7. The van der Waals surface area contributed by atoms with E-state index in [1.165, 1.54) is 48.7 Å². The number of ether oxygens (including phenoxy) is 2. The number of benzene rings is 3. The van der Waals surface area contributed by atoms with E-state index in [4.69, 9.17) is 19.3 Å². The van der Waals surface area contributed by atoms with Crippen molar-refractivity contribution in [1.29, 1.82) is 0 Å². The van der Waals surface area contributed by atoms with E-state index in [9.17, 15) is 58.2 Å². The lowest BCUT2D eigenvalue weighted by molar-refractivity contribution is -0.385. The quantitative estimate of drug-likeness (QED) is 0.0219. The summed E-state index contributed by atoms with van der Waals surface area (Å²) >= 11 is 0. The number of nitrogens with one attached hydrogen (secondary N) is 2. The van der Waals surface area contributed by atoms with Crippen LogP contribution >= 0.6 is 23.5 Å². The number of carbonyl (C=O) groups is 2. The zero-order valence-corrected chi connectivity index (χ0v) is 41.4. The maximum Gasteiger partial charge on any atom is 0.490 e. The van der Waals surface area contributed by atoms with Crippen LogP contribution in [-0.2, 0) is 44.7 Å². The molecule has 7 N–H and O–H groups in total. The number of Topliss-reactive ketones (excluding diaryl/α,β-unsaturated/α-hetero) is 1. The lowest BCUT2D eigenvalue weighted by Crippen LogP contribution is -2.28. The molecule has 0 bridgehead atoms. The highest BCUT2D eigenvalue weighted by atomic mass is 31.3. The molecular weight excluding hydrogens is 1020 g/mol. The first-order chi connectivity index (χ1) is 34.4. The van der Waals surface area contributed by atoms with E-state index in [1.54, 1.807) is 0 Å². The molecule has 0 amide bonds. The molecule has 28 heteroatoms. The Bertz CT molecular complexity index is 3230. The van der Waals surface area contributed by atoms with Crippen molar-refractivity contribution in [2.45, 2.75) is 56.8 Å². The molecule has 3 aliphatic rings. The number of anilines is 1. The van der Waals surface area contributed by atoms with Gasteiger partial charge in [0.2, 0.25) is 0 Å². The molecule has 4 unspecified atom stereocenters. The van der Waals surface area contributed by atoms with Crippen LogP contribution in [0.2, 0.25) is 0 Å². The minimum absolute atomic E-state index is 0.00697. The number of aromatic carboxylic acids is 1. The highest BCUT2D eigenvalue weighted by molar-refractivity contribution is 7.66. The number of phosphoric ester groups is 1. The third-order valence-electron chi connectivity index (χ3n) is 11.3. The number of aliphatic hydroxyl groups is 1. The molecule has 25 nitrogen and oxygen atoms in total. The number of carbonyl (C=O) groups excluding carboxylic acids is 2. The van der Waals surface area contributed by atoms with E-state index in [1.807, 2.05) is 62.5 Å². The van der Waals surface area contributed by atoms with Crippen molar-refractivity contribution >= 4 is 52.3 Å². The number of carboxylic acids is 1. The molecule has 6 atom stereocenters. The van der Waals surface area contributed by atoms with Gasteiger partial charge in [-0.2, -0.15) is 13.6 Å². The molecule has 7 rings (SSSR count). The Morgan fingerprint density at radius 3 is 2.45 bits per heavy atom. The summed E-state index contributed by atoms with van der Waals surface area (Å²) in [6.45, 7) is -0.568. The van der Waals surface area contributed by atoms with Gasteiger partial charge in [-0.25, -0.2) is 18.5 Å². The zero-order chi connectivity index (χ0) is 53.0. The van der Waals surface area contributed by atoms with Crippen molar-refractivity contribution < 1.29 is 80.6 Å². The molecule has 1 saturated heterocycles. The van der Waals surface area contributed by atoms with Crippen molar-refractivity contribution in [1.82, 2.24) is 19.8 Å².